The maximum atomic E-state index is 11.7. The summed E-state index contributed by atoms with van der Waals surface area (Å²) < 4.78 is 9.68. The third-order valence-corrected chi connectivity index (χ3v) is 2.73. The number of carbonyl (C=O) groups is 1. The zero-order chi connectivity index (χ0) is 14.5. The van der Waals surface area contributed by atoms with Crippen LogP contribution in [0.25, 0.3) is 11.0 Å². The molecule has 0 saturated heterocycles. The standard InChI is InChI=1S/C12H13ClN4O3/c1-19-6-8(11(18)20-2)15-10-9-7(4-3-5-14-9)16-12(13)17-10/h3-5,8H,6H2,1-2H3,(H,15,16,17)/t8-/m0/s1. The van der Waals surface area contributed by atoms with Crippen LogP contribution in [0.15, 0.2) is 18.3 Å². The minimum absolute atomic E-state index is 0.0639. The van der Waals surface area contributed by atoms with Crippen LogP contribution in [0.4, 0.5) is 5.82 Å². The predicted octanol–water partition coefficient (Wildman–Crippen LogP) is 1.28. The molecular formula is C12H13ClN4O3. The molecule has 2 heterocycles. The van der Waals surface area contributed by atoms with Crippen LogP contribution < -0.4 is 5.32 Å². The van der Waals surface area contributed by atoms with E-state index in [0.29, 0.717) is 16.9 Å². The molecule has 1 N–H and O–H groups in total. The molecule has 0 aliphatic carbocycles. The fourth-order valence-electron chi connectivity index (χ4n) is 1.68. The van der Waals surface area contributed by atoms with Crippen LogP contribution in [0, 0.1) is 0 Å². The number of anilines is 1. The van der Waals surface area contributed by atoms with E-state index in [1.807, 2.05) is 0 Å². The fraction of sp³-hybridized carbons (Fsp3) is 0.333. The number of aromatic nitrogens is 3. The number of ether oxygens (including phenoxy) is 2. The van der Waals surface area contributed by atoms with Crippen LogP contribution in [0.2, 0.25) is 5.28 Å². The van der Waals surface area contributed by atoms with Gasteiger partial charge in [0.15, 0.2) is 5.82 Å². The number of esters is 1. The highest BCUT2D eigenvalue weighted by Gasteiger charge is 2.21. The average Bonchev–Trinajstić information content (AvgIpc) is 2.45. The average molecular weight is 297 g/mol. The monoisotopic (exact) mass is 296 g/mol. The quantitative estimate of drug-likeness (QED) is 0.657. The maximum Gasteiger partial charge on any atom is 0.330 e. The van der Waals surface area contributed by atoms with E-state index in [1.54, 1.807) is 18.3 Å². The molecule has 0 aromatic carbocycles. The molecule has 8 heteroatoms. The van der Waals surface area contributed by atoms with E-state index in [2.05, 4.69) is 20.3 Å². The van der Waals surface area contributed by atoms with E-state index in [-0.39, 0.29) is 11.9 Å². The van der Waals surface area contributed by atoms with E-state index < -0.39 is 12.0 Å². The number of halogens is 1. The van der Waals surface area contributed by atoms with Crippen molar-refractivity contribution < 1.29 is 14.3 Å². The van der Waals surface area contributed by atoms with E-state index in [9.17, 15) is 4.79 Å². The number of fused-ring (bicyclic) bond motifs is 1. The Kier molecular flexibility index (Phi) is 4.65. The molecule has 0 amide bonds. The van der Waals surface area contributed by atoms with Gasteiger partial charge in [-0.1, -0.05) is 0 Å². The van der Waals surface area contributed by atoms with E-state index in [4.69, 9.17) is 21.1 Å². The summed E-state index contributed by atoms with van der Waals surface area (Å²) in [6.07, 6.45) is 1.61. The van der Waals surface area contributed by atoms with Crippen molar-refractivity contribution in [2.24, 2.45) is 0 Å². The van der Waals surface area contributed by atoms with Crippen molar-refractivity contribution in [1.29, 1.82) is 0 Å². The van der Waals surface area contributed by atoms with Gasteiger partial charge in [0.05, 0.1) is 19.2 Å². The van der Waals surface area contributed by atoms with E-state index in [1.165, 1.54) is 14.2 Å². The summed E-state index contributed by atoms with van der Waals surface area (Å²) in [6.45, 7) is 0.128. The van der Waals surface area contributed by atoms with Crippen molar-refractivity contribution in [3.8, 4) is 0 Å². The molecule has 0 aliphatic rings. The minimum atomic E-state index is -0.707. The zero-order valence-corrected chi connectivity index (χ0v) is 11.7. The largest absolute Gasteiger partial charge is 0.467 e. The number of nitrogens with one attached hydrogen (secondary N) is 1. The van der Waals surface area contributed by atoms with Gasteiger partial charge < -0.3 is 14.8 Å². The Labute approximate surface area is 120 Å². The molecule has 0 radical (unpaired) electrons. The van der Waals surface area contributed by atoms with Gasteiger partial charge in [0, 0.05) is 13.3 Å². The summed E-state index contributed by atoms with van der Waals surface area (Å²) in [7, 11) is 2.79. The Morgan fingerprint density at radius 2 is 2.25 bits per heavy atom. The van der Waals surface area contributed by atoms with Crippen molar-refractivity contribution in [2.45, 2.75) is 6.04 Å². The molecule has 0 saturated carbocycles. The van der Waals surface area contributed by atoms with E-state index in [0.717, 1.165) is 0 Å². The summed E-state index contributed by atoms with van der Waals surface area (Å²) >= 11 is 5.86. The van der Waals surface area contributed by atoms with Gasteiger partial charge in [0.25, 0.3) is 0 Å². The van der Waals surface area contributed by atoms with Crippen molar-refractivity contribution in [2.75, 3.05) is 26.1 Å². The second-order valence-electron chi connectivity index (χ2n) is 3.89. The Morgan fingerprint density at radius 1 is 1.45 bits per heavy atom. The number of carbonyl (C=O) groups excluding carboxylic acids is 1. The summed E-state index contributed by atoms with van der Waals surface area (Å²) in [4.78, 5) is 24.0. The van der Waals surface area contributed by atoms with Gasteiger partial charge in [-0.2, -0.15) is 4.98 Å². The fourth-order valence-corrected chi connectivity index (χ4v) is 1.86. The molecule has 0 fully saturated rings. The molecule has 0 aliphatic heterocycles. The second kappa shape index (κ2) is 6.44. The second-order valence-corrected chi connectivity index (χ2v) is 4.23. The third-order valence-electron chi connectivity index (χ3n) is 2.56. The summed E-state index contributed by atoms with van der Waals surface area (Å²) in [5.74, 6) is -0.112. The first-order valence-electron chi connectivity index (χ1n) is 5.77. The molecule has 0 unspecified atom stereocenters. The highest BCUT2D eigenvalue weighted by atomic mass is 35.5. The molecule has 0 bridgehead atoms. The third kappa shape index (κ3) is 3.12. The number of methoxy groups -OCH3 is 2. The molecule has 2 rings (SSSR count). The van der Waals surface area contributed by atoms with Gasteiger partial charge in [-0.15, -0.1) is 0 Å². The van der Waals surface area contributed by atoms with E-state index >= 15 is 0 Å². The van der Waals surface area contributed by atoms with Crippen LogP contribution in [0.3, 0.4) is 0 Å². The van der Waals surface area contributed by atoms with Gasteiger partial charge in [-0.25, -0.2) is 9.78 Å². The van der Waals surface area contributed by atoms with Crippen LogP contribution >= 0.6 is 11.6 Å². The van der Waals surface area contributed by atoms with Gasteiger partial charge >= 0.3 is 5.97 Å². The lowest BCUT2D eigenvalue weighted by atomic mass is 10.3. The molecular weight excluding hydrogens is 284 g/mol. The Bertz CT molecular complexity index is 623. The van der Waals surface area contributed by atoms with Crippen LogP contribution in [0.5, 0.6) is 0 Å². The number of hydrogen-bond acceptors (Lipinski definition) is 7. The molecule has 1 atom stereocenters. The first kappa shape index (κ1) is 14.4. The van der Waals surface area contributed by atoms with Crippen LogP contribution in [0.1, 0.15) is 0 Å². The number of rotatable bonds is 5. The van der Waals surface area contributed by atoms with Crippen molar-refractivity contribution in [1.82, 2.24) is 15.0 Å². The van der Waals surface area contributed by atoms with Gasteiger partial charge in [-0.3, -0.25) is 4.98 Å². The van der Waals surface area contributed by atoms with Crippen LogP contribution in [-0.2, 0) is 14.3 Å². The first-order chi connectivity index (χ1) is 9.65. The lowest BCUT2D eigenvalue weighted by Crippen LogP contribution is -2.35. The number of hydrogen-bond donors (Lipinski definition) is 1. The molecule has 20 heavy (non-hydrogen) atoms. The predicted molar refractivity (Wildman–Crippen MR) is 73.6 cm³/mol. The number of pyridine rings is 1. The first-order valence-corrected chi connectivity index (χ1v) is 6.15. The minimum Gasteiger partial charge on any atom is -0.467 e. The SMILES string of the molecule is COC[C@H](Nc1nc(Cl)nc2cccnc12)C(=O)OC. The molecule has 106 valence electrons. The lowest BCUT2D eigenvalue weighted by molar-refractivity contribution is -0.142. The lowest BCUT2D eigenvalue weighted by Gasteiger charge is -2.16. The zero-order valence-electron chi connectivity index (χ0n) is 11.0. The topological polar surface area (TPSA) is 86.2 Å². The summed E-state index contributed by atoms with van der Waals surface area (Å²) in [6, 6.07) is 2.79. The Balaban J connectivity index is 2.38. The van der Waals surface area contributed by atoms with Crippen molar-refractivity contribution >= 4 is 34.4 Å². The van der Waals surface area contributed by atoms with Gasteiger partial charge in [0.1, 0.15) is 11.6 Å². The molecule has 7 nitrogen and oxygen atoms in total. The molecule has 2 aromatic heterocycles. The maximum absolute atomic E-state index is 11.7. The van der Waals surface area contributed by atoms with Gasteiger partial charge in [-0.05, 0) is 23.7 Å². The summed E-state index contributed by atoms with van der Waals surface area (Å²) in [5.41, 5.74) is 1.10. The Hall–Kier alpha value is -1.99. The highest BCUT2D eigenvalue weighted by Crippen LogP contribution is 2.20. The van der Waals surface area contributed by atoms with Gasteiger partial charge in [0.2, 0.25) is 5.28 Å². The van der Waals surface area contributed by atoms with Crippen molar-refractivity contribution in [3.63, 3.8) is 0 Å². The highest BCUT2D eigenvalue weighted by molar-refractivity contribution is 6.28. The summed E-state index contributed by atoms with van der Waals surface area (Å²) in [5, 5.41) is 2.98. The smallest absolute Gasteiger partial charge is 0.330 e. The van der Waals surface area contributed by atoms with Crippen LogP contribution in [-0.4, -0.2) is 47.8 Å². The molecule has 2 aromatic rings. The van der Waals surface area contributed by atoms with Crippen molar-refractivity contribution in [3.05, 3.63) is 23.6 Å². The normalized spacial score (nSPS) is 12.2. The number of nitrogens with zero attached hydrogens (tertiary/aromatic N) is 3. The molecule has 0 spiro atoms. The Morgan fingerprint density at radius 3 is 2.95 bits per heavy atom.